The summed E-state index contributed by atoms with van der Waals surface area (Å²) >= 11 is 12.1. The van der Waals surface area contributed by atoms with Gasteiger partial charge in [-0.1, -0.05) is 29.3 Å². The zero-order valence-corrected chi connectivity index (χ0v) is 14.3. The summed E-state index contributed by atoms with van der Waals surface area (Å²) in [6.45, 7) is 1.12. The normalized spacial score (nSPS) is 27.7. The number of fused-ring (bicyclic) bond motifs is 1. The van der Waals surface area contributed by atoms with Gasteiger partial charge in [0.1, 0.15) is 0 Å². The second-order valence-corrected chi connectivity index (χ2v) is 8.73. The van der Waals surface area contributed by atoms with E-state index in [1.807, 2.05) is 11.9 Å². The van der Waals surface area contributed by atoms with E-state index in [-0.39, 0.29) is 34.5 Å². The highest BCUT2D eigenvalue weighted by Crippen LogP contribution is 2.31. The molecule has 3 rings (SSSR count). The molecule has 1 aromatic rings. The van der Waals surface area contributed by atoms with Crippen molar-refractivity contribution in [2.24, 2.45) is 0 Å². The van der Waals surface area contributed by atoms with Crippen molar-refractivity contribution in [2.45, 2.75) is 12.1 Å². The summed E-state index contributed by atoms with van der Waals surface area (Å²) in [5, 5.41) is 0.530. The van der Waals surface area contributed by atoms with Crippen LogP contribution in [0.3, 0.4) is 0 Å². The van der Waals surface area contributed by atoms with Crippen molar-refractivity contribution in [3.05, 3.63) is 33.8 Å². The summed E-state index contributed by atoms with van der Waals surface area (Å²) < 4.78 is 23.9. The summed E-state index contributed by atoms with van der Waals surface area (Å²) in [5.74, 6) is -0.152. The average molecular weight is 363 g/mol. The minimum absolute atomic E-state index is 0.00588. The Bertz CT molecular complexity index is 723. The van der Waals surface area contributed by atoms with Gasteiger partial charge in [0.2, 0.25) is 0 Å². The molecule has 2 atom stereocenters. The number of carbonyl (C=O) groups is 1. The van der Waals surface area contributed by atoms with E-state index in [4.69, 9.17) is 23.2 Å². The molecule has 120 valence electrons. The first-order valence-corrected chi connectivity index (χ1v) is 9.53. The van der Waals surface area contributed by atoms with E-state index in [9.17, 15) is 13.2 Å². The molecule has 1 amide bonds. The number of nitrogens with zero attached hydrogens (tertiary/aromatic N) is 2. The largest absolute Gasteiger partial charge is 0.332 e. The van der Waals surface area contributed by atoms with Crippen LogP contribution in [-0.2, 0) is 9.84 Å². The molecule has 0 bridgehead atoms. The standard InChI is InChI=1S/C14H16Cl2N2O3S/c1-17-5-6-18(12-8-22(20,21)7-11(12)17)14(19)9-3-2-4-10(15)13(9)16/h2-4,11-12H,5-8H2,1H3/t11-,12+/m0/s1. The SMILES string of the molecule is CN1CCN(C(=O)c2cccc(Cl)c2Cl)[C@@H]2CS(=O)(=O)C[C@@H]21. The van der Waals surface area contributed by atoms with E-state index in [1.165, 1.54) is 0 Å². The Morgan fingerprint density at radius 1 is 1.18 bits per heavy atom. The second-order valence-electron chi connectivity index (χ2n) is 5.79. The Morgan fingerprint density at radius 2 is 1.86 bits per heavy atom. The number of benzene rings is 1. The highest BCUT2D eigenvalue weighted by molar-refractivity contribution is 7.91. The average Bonchev–Trinajstić information content (AvgIpc) is 2.78. The van der Waals surface area contributed by atoms with Crippen LogP contribution in [0.25, 0.3) is 0 Å². The second kappa shape index (κ2) is 5.67. The van der Waals surface area contributed by atoms with Crippen LogP contribution in [0.2, 0.25) is 10.0 Å². The van der Waals surface area contributed by atoms with Gasteiger partial charge in [-0.15, -0.1) is 0 Å². The third kappa shape index (κ3) is 2.73. The van der Waals surface area contributed by atoms with Crippen LogP contribution in [0.1, 0.15) is 10.4 Å². The highest BCUT2D eigenvalue weighted by atomic mass is 35.5. The number of sulfone groups is 1. The van der Waals surface area contributed by atoms with E-state index in [2.05, 4.69) is 0 Å². The van der Waals surface area contributed by atoms with Gasteiger partial charge >= 0.3 is 0 Å². The van der Waals surface area contributed by atoms with Gasteiger partial charge in [-0.3, -0.25) is 9.69 Å². The molecule has 0 spiro atoms. The number of hydrogen-bond acceptors (Lipinski definition) is 4. The first kappa shape index (κ1) is 16.1. The predicted molar refractivity (Wildman–Crippen MR) is 86.4 cm³/mol. The van der Waals surface area contributed by atoms with Crippen LogP contribution in [0, 0.1) is 0 Å². The fourth-order valence-electron chi connectivity index (χ4n) is 3.20. The summed E-state index contributed by atoms with van der Waals surface area (Å²) in [6.07, 6.45) is 0. The minimum Gasteiger partial charge on any atom is -0.332 e. The van der Waals surface area contributed by atoms with Crippen molar-refractivity contribution < 1.29 is 13.2 Å². The third-order valence-electron chi connectivity index (χ3n) is 4.40. The van der Waals surface area contributed by atoms with Crippen molar-refractivity contribution in [3.8, 4) is 0 Å². The van der Waals surface area contributed by atoms with Gasteiger partial charge in [-0.2, -0.15) is 0 Å². The molecule has 8 heteroatoms. The lowest BCUT2D eigenvalue weighted by Crippen LogP contribution is -2.59. The number of piperazine rings is 1. The molecule has 2 aliphatic heterocycles. The molecular weight excluding hydrogens is 347 g/mol. The molecule has 22 heavy (non-hydrogen) atoms. The molecule has 0 unspecified atom stereocenters. The van der Waals surface area contributed by atoms with Crippen molar-refractivity contribution in [1.82, 2.24) is 9.80 Å². The number of hydrogen-bond donors (Lipinski definition) is 0. The van der Waals surface area contributed by atoms with Crippen LogP contribution < -0.4 is 0 Å². The van der Waals surface area contributed by atoms with E-state index in [1.54, 1.807) is 23.1 Å². The van der Waals surface area contributed by atoms with Gasteiger partial charge in [-0.05, 0) is 19.2 Å². The van der Waals surface area contributed by atoms with Gasteiger partial charge in [0.25, 0.3) is 5.91 Å². The van der Waals surface area contributed by atoms with Gasteiger partial charge in [0.05, 0.1) is 33.2 Å². The van der Waals surface area contributed by atoms with Gasteiger partial charge in [-0.25, -0.2) is 8.42 Å². The molecule has 0 aliphatic carbocycles. The molecule has 2 fully saturated rings. The van der Waals surface area contributed by atoms with E-state index in [0.29, 0.717) is 23.7 Å². The zero-order chi connectivity index (χ0) is 16.1. The Morgan fingerprint density at radius 3 is 2.59 bits per heavy atom. The first-order chi connectivity index (χ1) is 10.3. The molecule has 2 saturated heterocycles. The Kier molecular flexibility index (Phi) is 4.14. The van der Waals surface area contributed by atoms with Crippen LogP contribution in [0.5, 0.6) is 0 Å². The molecule has 0 saturated carbocycles. The summed E-state index contributed by atoms with van der Waals surface area (Å²) in [7, 11) is -1.23. The highest BCUT2D eigenvalue weighted by Gasteiger charge is 2.47. The van der Waals surface area contributed by atoms with E-state index < -0.39 is 9.84 Å². The van der Waals surface area contributed by atoms with Crippen molar-refractivity contribution >= 4 is 38.9 Å². The quantitative estimate of drug-likeness (QED) is 0.760. The lowest BCUT2D eigenvalue weighted by Gasteiger charge is -2.42. The Hall–Kier alpha value is -0.820. The third-order valence-corrected chi connectivity index (χ3v) is 6.91. The lowest BCUT2D eigenvalue weighted by atomic mass is 10.0. The maximum absolute atomic E-state index is 12.8. The van der Waals surface area contributed by atoms with Crippen LogP contribution in [0.15, 0.2) is 18.2 Å². The van der Waals surface area contributed by atoms with Crippen LogP contribution >= 0.6 is 23.2 Å². The molecular formula is C14H16Cl2N2O3S. The smallest absolute Gasteiger partial charge is 0.255 e. The number of carbonyl (C=O) groups excluding carboxylic acids is 1. The molecule has 2 aliphatic rings. The lowest BCUT2D eigenvalue weighted by molar-refractivity contribution is 0.0410. The predicted octanol–water partition coefficient (Wildman–Crippen LogP) is 1.55. The molecule has 2 heterocycles. The Labute approximate surface area is 139 Å². The summed E-state index contributed by atoms with van der Waals surface area (Å²) in [5.41, 5.74) is 0.321. The Balaban J connectivity index is 1.94. The molecule has 0 N–H and O–H groups in total. The summed E-state index contributed by atoms with van der Waals surface area (Å²) in [4.78, 5) is 16.4. The van der Waals surface area contributed by atoms with Crippen LogP contribution in [0.4, 0.5) is 0 Å². The maximum Gasteiger partial charge on any atom is 0.255 e. The molecule has 0 radical (unpaired) electrons. The summed E-state index contributed by atoms with van der Waals surface area (Å²) in [6, 6.07) is 4.42. The fraction of sp³-hybridized carbons (Fsp3) is 0.500. The topological polar surface area (TPSA) is 57.7 Å². The van der Waals surface area contributed by atoms with Gasteiger partial charge in [0, 0.05) is 19.1 Å². The van der Waals surface area contributed by atoms with Crippen molar-refractivity contribution in [3.63, 3.8) is 0 Å². The number of halogens is 2. The van der Waals surface area contributed by atoms with Crippen molar-refractivity contribution in [2.75, 3.05) is 31.6 Å². The van der Waals surface area contributed by atoms with Gasteiger partial charge < -0.3 is 4.90 Å². The van der Waals surface area contributed by atoms with Crippen molar-refractivity contribution in [1.29, 1.82) is 0 Å². The molecule has 1 aromatic carbocycles. The first-order valence-electron chi connectivity index (χ1n) is 6.96. The fourth-order valence-corrected chi connectivity index (χ4v) is 5.64. The van der Waals surface area contributed by atoms with E-state index >= 15 is 0 Å². The van der Waals surface area contributed by atoms with E-state index in [0.717, 1.165) is 0 Å². The zero-order valence-electron chi connectivity index (χ0n) is 12.0. The monoisotopic (exact) mass is 362 g/mol. The maximum atomic E-state index is 12.8. The minimum atomic E-state index is -3.12. The number of likely N-dealkylation sites (N-methyl/N-ethyl adjacent to an activating group) is 1. The number of amides is 1. The van der Waals surface area contributed by atoms with Gasteiger partial charge in [0.15, 0.2) is 9.84 Å². The molecule has 5 nitrogen and oxygen atoms in total. The number of rotatable bonds is 1. The van der Waals surface area contributed by atoms with Crippen LogP contribution in [-0.4, -0.2) is 67.9 Å². The molecule has 0 aromatic heterocycles.